The van der Waals surface area contributed by atoms with Gasteiger partial charge in [0.2, 0.25) is 0 Å². The Kier molecular flexibility index (Phi) is 13.8. The number of benzene rings is 7. The number of fused-ring (bicyclic) bond motifs is 6. The zero-order valence-corrected chi connectivity index (χ0v) is 42.9. The van der Waals surface area contributed by atoms with E-state index in [9.17, 15) is 61.7 Å². The lowest BCUT2D eigenvalue weighted by molar-refractivity contribution is -0.129. The Morgan fingerprint density at radius 3 is 0.750 bits per heavy atom. The van der Waals surface area contributed by atoms with E-state index in [-0.39, 0.29) is 152 Å². The van der Waals surface area contributed by atoms with Crippen molar-refractivity contribution in [3.63, 3.8) is 0 Å². The van der Waals surface area contributed by atoms with E-state index in [1.807, 2.05) is 18.2 Å². The summed E-state index contributed by atoms with van der Waals surface area (Å²) in [4.78, 5) is 53.4. The van der Waals surface area contributed by atoms with Gasteiger partial charge < -0.3 is 14.2 Å². The minimum absolute atomic E-state index is 0.0258. The summed E-state index contributed by atoms with van der Waals surface area (Å²) in [5.41, 5.74) is -0.758. The quantitative estimate of drug-likeness (QED) is 0.0623. The number of nitriles is 9. The molecule has 0 unspecified atom stereocenters. The number of carbonyl (C=O) groups excluding carboxylic acids is 3. The van der Waals surface area contributed by atoms with Crippen molar-refractivity contribution in [1.82, 2.24) is 28.7 Å². The highest BCUT2D eigenvalue weighted by Crippen LogP contribution is 2.47. The van der Waals surface area contributed by atoms with Crippen molar-refractivity contribution in [2.75, 3.05) is 0 Å². The molecule has 0 N–H and O–H groups in total. The van der Waals surface area contributed by atoms with Gasteiger partial charge in [-0.2, -0.15) is 47.4 Å². The molecule has 0 fully saturated rings. The molecule has 0 bridgehead atoms. The average molecular weight is 1090 g/mol. The van der Waals surface area contributed by atoms with Crippen LogP contribution in [0.4, 0.5) is 0 Å². The standard InChI is InChI=1S/C63H27N15O6/c1-4-49(79)82-46-13-7-43(8-14-46)76-58-55(73-61(76)52-37(28-67)19-34(25-64)20-38(52)29-68)59-57(75-63(54-41(32-71)23-36(27-66)24-42(54)33-72)77(59)44-9-15-47(16-10-44)83-50(80)5-2)60-56(58)74-62(53-39(30-69)21-35(26-65)22-40(53)31-70)78(60)45-11-17-48(18-12-45)84-51(81)6-3/h4-24H,1-3H2. The number of esters is 3. The predicted octanol–water partition coefficient (Wildman–Crippen LogP) is 9.82. The summed E-state index contributed by atoms with van der Waals surface area (Å²) in [5.74, 6) is -2.54. The molecule has 0 aliphatic heterocycles. The molecular formula is C63H27N15O6. The van der Waals surface area contributed by atoms with Gasteiger partial charge in [-0.05, 0) is 109 Å². The molecule has 0 aliphatic carbocycles. The number of imidazole rings is 3. The van der Waals surface area contributed by atoms with E-state index >= 15 is 0 Å². The van der Waals surface area contributed by atoms with E-state index in [0.29, 0.717) is 0 Å². The molecule has 0 saturated heterocycles. The maximum atomic E-state index is 12.5. The highest BCUT2D eigenvalue weighted by Gasteiger charge is 2.34. The summed E-state index contributed by atoms with van der Waals surface area (Å²) >= 11 is 0. The number of carbonyl (C=O) groups is 3. The lowest BCUT2D eigenvalue weighted by Gasteiger charge is -2.14. The number of ether oxygens (including phenoxy) is 3. The number of hydrogen-bond acceptors (Lipinski definition) is 18. The third kappa shape index (κ3) is 9.01. The van der Waals surface area contributed by atoms with Gasteiger partial charge in [-0.3, -0.25) is 13.7 Å². The van der Waals surface area contributed by atoms with Crippen LogP contribution in [0.5, 0.6) is 17.2 Å². The molecule has 10 rings (SSSR count). The fraction of sp³-hybridized carbons (Fsp3) is 0. The molecule has 3 heterocycles. The van der Waals surface area contributed by atoms with Crippen LogP contribution in [-0.2, 0) is 14.4 Å². The first kappa shape index (κ1) is 53.4. The Balaban J connectivity index is 1.55. The Bertz CT molecular complexity index is 4400. The zero-order valence-electron chi connectivity index (χ0n) is 42.9. The third-order valence-electron chi connectivity index (χ3n) is 12.9. The summed E-state index contributed by atoms with van der Waals surface area (Å²) in [6.07, 6.45) is 2.89. The molecule has 3 aromatic heterocycles. The Morgan fingerprint density at radius 1 is 0.357 bits per heavy atom. The molecule has 10 aromatic rings. The predicted molar refractivity (Wildman–Crippen MR) is 297 cm³/mol. The average Bonchev–Trinajstić information content (AvgIpc) is 1.59. The van der Waals surface area contributed by atoms with Gasteiger partial charge in [0.25, 0.3) is 0 Å². The summed E-state index contributed by atoms with van der Waals surface area (Å²) < 4.78 is 20.9. The van der Waals surface area contributed by atoms with Gasteiger partial charge in [0.15, 0.2) is 0 Å². The summed E-state index contributed by atoms with van der Waals surface area (Å²) in [6, 6.07) is 44.0. The molecule has 84 heavy (non-hydrogen) atoms. The molecule has 21 heteroatoms. The second kappa shape index (κ2) is 21.8. The lowest BCUT2D eigenvalue weighted by Crippen LogP contribution is -2.05. The number of aromatic nitrogens is 6. The molecule has 21 nitrogen and oxygen atoms in total. The van der Waals surface area contributed by atoms with E-state index in [0.717, 1.165) is 18.2 Å². The van der Waals surface area contributed by atoms with Gasteiger partial charge in [0.1, 0.15) is 67.8 Å². The second-order valence-corrected chi connectivity index (χ2v) is 17.6. The molecule has 0 amide bonds. The second-order valence-electron chi connectivity index (χ2n) is 17.6. The third-order valence-corrected chi connectivity index (χ3v) is 12.9. The van der Waals surface area contributed by atoms with Crippen molar-refractivity contribution in [3.8, 4) is 123 Å². The molecule has 0 saturated carbocycles. The van der Waals surface area contributed by atoms with Crippen LogP contribution in [0.3, 0.4) is 0 Å². The minimum Gasteiger partial charge on any atom is -0.423 e. The summed E-state index contributed by atoms with van der Waals surface area (Å²) in [5, 5.41) is 95.7. The van der Waals surface area contributed by atoms with Crippen LogP contribution in [0.2, 0.25) is 0 Å². The van der Waals surface area contributed by atoms with Crippen molar-refractivity contribution in [1.29, 1.82) is 47.4 Å². The van der Waals surface area contributed by atoms with Crippen molar-refractivity contribution in [2.45, 2.75) is 0 Å². The van der Waals surface area contributed by atoms with Crippen LogP contribution in [-0.4, -0.2) is 46.6 Å². The largest absolute Gasteiger partial charge is 0.423 e. The van der Waals surface area contributed by atoms with Crippen LogP contribution < -0.4 is 14.2 Å². The molecule has 0 spiro atoms. The lowest BCUT2D eigenvalue weighted by atomic mass is 9.98. The first-order valence-corrected chi connectivity index (χ1v) is 24.2. The van der Waals surface area contributed by atoms with Crippen LogP contribution in [0.25, 0.3) is 84.3 Å². The number of nitrogens with zero attached hydrogens (tertiary/aromatic N) is 15. The maximum absolute atomic E-state index is 12.5. The Morgan fingerprint density at radius 2 is 0.571 bits per heavy atom. The highest BCUT2D eigenvalue weighted by molar-refractivity contribution is 6.22. The minimum atomic E-state index is -0.783. The molecule has 0 radical (unpaired) electrons. The molecule has 390 valence electrons. The fourth-order valence-corrected chi connectivity index (χ4v) is 9.50. The van der Waals surface area contributed by atoms with Crippen LogP contribution in [0.15, 0.2) is 147 Å². The first-order chi connectivity index (χ1) is 40.8. The summed E-state index contributed by atoms with van der Waals surface area (Å²) in [7, 11) is 0. The van der Waals surface area contributed by atoms with Crippen molar-refractivity contribution in [3.05, 3.63) is 197 Å². The van der Waals surface area contributed by atoms with Gasteiger partial charge in [0.05, 0.1) is 121 Å². The van der Waals surface area contributed by atoms with Crippen LogP contribution in [0.1, 0.15) is 50.1 Å². The van der Waals surface area contributed by atoms with Gasteiger partial charge in [0, 0.05) is 35.3 Å². The molecule has 0 atom stereocenters. The van der Waals surface area contributed by atoms with E-state index in [1.165, 1.54) is 123 Å². The van der Waals surface area contributed by atoms with Crippen LogP contribution >= 0.6 is 0 Å². The van der Waals surface area contributed by atoms with Crippen molar-refractivity contribution < 1.29 is 28.6 Å². The normalized spacial score (nSPS) is 10.3. The van der Waals surface area contributed by atoms with Crippen molar-refractivity contribution in [2.24, 2.45) is 0 Å². The summed E-state index contributed by atoms with van der Waals surface area (Å²) in [6.45, 7) is 10.4. The van der Waals surface area contributed by atoms with Gasteiger partial charge in [-0.25, -0.2) is 29.3 Å². The van der Waals surface area contributed by atoms with Gasteiger partial charge in [-0.15, -0.1) is 0 Å². The molecule has 7 aromatic carbocycles. The monoisotopic (exact) mass is 1090 g/mol. The molecule has 0 aliphatic rings. The smallest absolute Gasteiger partial charge is 0.335 e. The highest BCUT2D eigenvalue weighted by atomic mass is 16.5. The van der Waals surface area contributed by atoms with E-state index in [1.54, 1.807) is 0 Å². The maximum Gasteiger partial charge on any atom is 0.335 e. The topological polar surface area (TPSA) is 346 Å². The molecular weight excluding hydrogens is 1060 g/mol. The van der Waals surface area contributed by atoms with Gasteiger partial charge in [-0.1, -0.05) is 19.7 Å². The van der Waals surface area contributed by atoms with E-state index < -0.39 is 17.9 Å². The first-order valence-electron chi connectivity index (χ1n) is 24.2. The zero-order chi connectivity index (χ0) is 59.5. The Labute approximate surface area is 474 Å². The number of rotatable bonds is 12. The fourth-order valence-electron chi connectivity index (χ4n) is 9.50. The van der Waals surface area contributed by atoms with Crippen molar-refractivity contribution >= 4 is 51.0 Å². The SMILES string of the molecule is C=CC(=O)Oc1ccc(-n2c(-c3c(C#N)cc(C#N)cc3C#N)nc3c2c2nc(-c4c(C#N)cc(C#N)cc4C#N)n(-c4ccc(OC(=O)C=C)cc4)c2c2nc(-c4c(C#N)cc(C#N)cc4C#N)n(-c4ccc(OC(=O)C=C)cc4)c32)cc1. The number of hydrogen-bond donors (Lipinski definition) is 0. The van der Waals surface area contributed by atoms with Gasteiger partial charge >= 0.3 is 17.9 Å². The van der Waals surface area contributed by atoms with Crippen LogP contribution in [0, 0.1) is 102 Å². The Hall–Kier alpha value is -14.0. The van der Waals surface area contributed by atoms with E-state index in [2.05, 4.69) is 56.2 Å². The van der Waals surface area contributed by atoms with E-state index in [4.69, 9.17) is 29.2 Å².